The Bertz CT molecular complexity index is 409. The third-order valence-corrected chi connectivity index (χ3v) is 3.13. The third kappa shape index (κ3) is 3.09. The maximum absolute atomic E-state index is 11.0. The highest BCUT2D eigenvalue weighted by molar-refractivity contribution is 6.33. The Hall–Kier alpha value is -1.29. The summed E-state index contributed by atoms with van der Waals surface area (Å²) >= 11 is 5.79. The molecule has 1 unspecified atom stereocenters. The van der Waals surface area contributed by atoms with Crippen molar-refractivity contribution in [3.8, 4) is 0 Å². The number of hydrogen-bond acceptors (Lipinski definition) is 3. The molecular formula is C12H17ClN2O2. The Morgan fingerprint density at radius 2 is 2.24 bits per heavy atom. The van der Waals surface area contributed by atoms with Crippen LogP contribution >= 0.6 is 11.6 Å². The van der Waals surface area contributed by atoms with Gasteiger partial charge in [0.2, 0.25) is 0 Å². The number of halogens is 1. The highest BCUT2D eigenvalue weighted by atomic mass is 35.5. The molecule has 1 rings (SSSR count). The molecule has 0 saturated carbocycles. The second-order valence-electron chi connectivity index (χ2n) is 3.87. The van der Waals surface area contributed by atoms with Gasteiger partial charge in [-0.2, -0.15) is 0 Å². The summed E-state index contributed by atoms with van der Waals surface area (Å²) in [6, 6.07) is 1.84. The predicted molar refractivity (Wildman–Crippen MR) is 69.0 cm³/mol. The lowest BCUT2D eigenvalue weighted by Crippen LogP contribution is -2.33. The molecule has 0 aliphatic carbocycles. The molecule has 0 aliphatic rings. The first kappa shape index (κ1) is 13.8. The van der Waals surface area contributed by atoms with Gasteiger partial charge in [0.25, 0.3) is 0 Å². The molecule has 0 aliphatic heterocycles. The number of pyridine rings is 1. The minimum absolute atomic E-state index is 0.0958. The molecule has 5 heteroatoms. The van der Waals surface area contributed by atoms with Gasteiger partial charge in [-0.3, -0.25) is 0 Å². The molecule has 0 bridgehead atoms. The molecule has 1 atom stereocenters. The van der Waals surface area contributed by atoms with Gasteiger partial charge in [0.1, 0.15) is 5.82 Å². The van der Waals surface area contributed by atoms with E-state index in [1.54, 1.807) is 0 Å². The first-order valence-corrected chi connectivity index (χ1v) is 6.04. The van der Waals surface area contributed by atoms with Crippen LogP contribution in [0.3, 0.4) is 0 Å². The average molecular weight is 257 g/mol. The van der Waals surface area contributed by atoms with E-state index in [2.05, 4.69) is 23.7 Å². The summed E-state index contributed by atoms with van der Waals surface area (Å²) in [5.74, 6) is -0.373. The highest BCUT2D eigenvalue weighted by Crippen LogP contribution is 2.22. The van der Waals surface area contributed by atoms with Crippen molar-refractivity contribution in [1.29, 1.82) is 0 Å². The van der Waals surface area contributed by atoms with Gasteiger partial charge in [-0.1, -0.05) is 18.5 Å². The Balaban J connectivity index is 3.13. The zero-order valence-electron chi connectivity index (χ0n) is 10.3. The highest BCUT2D eigenvalue weighted by Gasteiger charge is 2.16. The number of hydrogen-bond donors (Lipinski definition) is 1. The molecule has 94 valence electrons. The molecule has 0 radical (unpaired) electrons. The van der Waals surface area contributed by atoms with Crippen molar-refractivity contribution >= 4 is 23.4 Å². The van der Waals surface area contributed by atoms with Crippen LogP contribution in [0.15, 0.2) is 12.3 Å². The summed E-state index contributed by atoms with van der Waals surface area (Å²) in [6.45, 7) is 6.97. The van der Waals surface area contributed by atoms with E-state index in [1.807, 2.05) is 6.92 Å². The van der Waals surface area contributed by atoms with Crippen LogP contribution in [0.5, 0.6) is 0 Å². The number of rotatable bonds is 5. The number of carboxylic acids is 1. The quantitative estimate of drug-likeness (QED) is 0.880. The standard InChI is InChI=1S/C12H17ClN2O2/c1-4-8(3)15(5-2)11-6-9(12(16)17)10(13)7-14-11/h6-8H,4-5H2,1-3H3,(H,16,17). The molecular weight excluding hydrogens is 240 g/mol. The lowest BCUT2D eigenvalue weighted by molar-refractivity contribution is 0.0697. The normalized spacial score (nSPS) is 12.2. The molecule has 0 saturated heterocycles. The van der Waals surface area contributed by atoms with Gasteiger partial charge >= 0.3 is 5.97 Å². The zero-order valence-corrected chi connectivity index (χ0v) is 11.0. The average Bonchev–Trinajstić information content (AvgIpc) is 2.31. The third-order valence-electron chi connectivity index (χ3n) is 2.83. The van der Waals surface area contributed by atoms with Crippen LogP contribution in [0.25, 0.3) is 0 Å². The first-order chi connectivity index (χ1) is 8.01. The number of aromatic carboxylic acids is 1. The van der Waals surface area contributed by atoms with Crippen molar-refractivity contribution in [2.45, 2.75) is 33.2 Å². The van der Waals surface area contributed by atoms with E-state index >= 15 is 0 Å². The molecule has 0 aromatic carbocycles. The first-order valence-electron chi connectivity index (χ1n) is 5.66. The van der Waals surface area contributed by atoms with Gasteiger partial charge in [-0.05, 0) is 26.3 Å². The summed E-state index contributed by atoms with van der Waals surface area (Å²) in [4.78, 5) is 17.2. The van der Waals surface area contributed by atoms with Crippen LogP contribution in [-0.4, -0.2) is 28.6 Å². The smallest absolute Gasteiger partial charge is 0.337 e. The van der Waals surface area contributed by atoms with Crippen molar-refractivity contribution in [2.24, 2.45) is 0 Å². The van der Waals surface area contributed by atoms with Crippen molar-refractivity contribution in [1.82, 2.24) is 4.98 Å². The van der Waals surface area contributed by atoms with Crippen molar-refractivity contribution in [3.63, 3.8) is 0 Å². The van der Waals surface area contributed by atoms with E-state index in [0.29, 0.717) is 11.9 Å². The molecule has 0 fully saturated rings. The number of nitrogens with zero attached hydrogens (tertiary/aromatic N) is 2. The minimum Gasteiger partial charge on any atom is -0.478 e. The molecule has 1 N–H and O–H groups in total. The summed E-state index contributed by atoms with van der Waals surface area (Å²) in [5, 5.41) is 9.18. The maximum Gasteiger partial charge on any atom is 0.337 e. The van der Waals surface area contributed by atoms with Crippen molar-refractivity contribution in [3.05, 3.63) is 22.8 Å². The van der Waals surface area contributed by atoms with Crippen LogP contribution in [0.4, 0.5) is 5.82 Å². The van der Waals surface area contributed by atoms with E-state index in [0.717, 1.165) is 13.0 Å². The molecule has 1 aromatic rings. The second kappa shape index (κ2) is 5.87. The van der Waals surface area contributed by atoms with Crippen LogP contribution in [-0.2, 0) is 0 Å². The fourth-order valence-corrected chi connectivity index (χ4v) is 1.85. The fraction of sp³-hybridized carbons (Fsp3) is 0.500. The summed E-state index contributed by atoms with van der Waals surface area (Å²) in [7, 11) is 0. The van der Waals surface area contributed by atoms with E-state index in [1.165, 1.54) is 12.3 Å². The SMILES string of the molecule is CCC(C)N(CC)c1cc(C(=O)O)c(Cl)cn1. The molecule has 0 amide bonds. The summed E-state index contributed by atoms with van der Waals surface area (Å²) < 4.78 is 0. The van der Waals surface area contributed by atoms with Gasteiger partial charge in [-0.25, -0.2) is 9.78 Å². The van der Waals surface area contributed by atoms with Crippen molar-refractivity contribution in [2.75, 3.05) is 11.4 Å². The fourth-order valence-electron chi connectivity index (χ4n) is 1.67. The lowest BCUT2D eigenvalue weighted by atomic mass is 10.2. The Kier molecular flexibility index (Phi) is 4.75. The predicted octanol–water partition coefficient (Wildman–Crippen LogP) is 3.06. The van der Waals surface area contributed by atoms with E-state index in [9.17, 15) is 4.79 Å². The largest absolute Gasteiger partial charge is 0.478 e. The molecule has 0 spiro atoms. The van der Waals surface area contributed by atoms with Gasteiger partial charge in [-0.15, -0.1) is 0 Å². The van der Waals surface area contributed by atoms with Gasteiger partial charge in [0.05, 0.1) is 10.6 Å². The molecule has 1 aromatic heterocycles. The summed E-state index contributed by atoms with van der Waals surface area (Å²) in [6.07, 6.45) is 2.37. The van der Waals surface area contributed by atoms with E-state index in [-0.39, 0.29) is 10.6 Å². The van der Waals surface area contributed by atoms with Crippen LogP contribution in [0.1, 0.15) is 37.6 Å². The van der Waals surface area contributed by atoms with Gasteiger partial charge < -0.3 is 10.0 Å². The van der Waals surface area contributed by atoms with E-state index in [4.69, 9.17) is 16.7 Å². The lowest BCUT2D eigenvalue weighted by Gasteiger charge is -2.28. The van der Waals surface area contributed by atoms with Crippen LogP contribution < -0.4 is 4.90 Å². The van der Waals surface area contributed by atoms with Crippen LogP contribution in [0, 0.1) is 0 Å². The molecule has 1 heterocycles. The van der Waals surface area contributed by atoms with Gasteiger partial charge in [0, 0.05) is 18.8 Å². The number of anilines is 1. The molecule has 4 nitrogen and oxygen atoms in total. The number of carbonyl (C=O) groups is 1. The summed E-state index contributed by atoms with van der Waals surface area (Å²) in [5.41, 5.74) is 0.0958. The second-order valence-corrected chi connectivity index (χ2v) is 4.28. The minimum atomic E-state index is -1.03. The van der Waals surface area contributed by atoms with Crippen LogP contribution in [0.2, 0.25) is 5.02 Å². The maximum atomic E-state index is 11.0. The Morgan fingerprint density at radius 3 is 2.71 bits per heavy atom. The van der Waals surface area contributed by atoms with E-state index < -0.39 is 5.97 Å². The number of carboxylic acid groups (broad SMARTS) is 1. The van der Waals surface area contributed by atoms with Crippen molar-refractivity contribution < 1.29 is 9.90 Å². The molecule has 17 heavy (non-hydrogen) atoms. The Labute approximate surface area is 106 Å². The topological polar surface area (TPSA) is 53.4 Å². The Morgan fingerprint density at radius 1 is 1.59 bits per heavy atom. The monoisotopic (exact) mass is 256 g/mol. The number of aromatic nitrogens is 1. The van der Waals surface area contributed by atoms with Gasteiger partial charge in [0.15, 0.2) is 0 Å². The zero-order chi connectivity index (χ0) is 13.0.